The minimum atomic E-state index is -0.625. The molecule has 8 heteroatoms. The number of piperidine rings is 1. The van der Waals surface area contributed by atoms with E-state index < -0.39 is 11.7 Å². The number of carbonyl (C=O) groups is 3. The highest BCUT2D eigenvalue weighted by atomic mass is 35.5. The highest BCUT2D eigenvalue weighted by Gasteiger charge is 2.25. The zero-order valence-electron chi connectivity index (χ0n) is 15.9. The van der Waals surface area contributed by atoms with Crippen LogP contribution in [0.3, 0.4) is 0 Å². The number of carbonyl (C=O) groups excluding carboxylic acids is 3. The summed E-state index contributed by atoms with van der Waals surface area (Å²) in [7, 11) is 0. The molecule has 27 heavy (non-hydrogen) atoms. The molecule has 1 aromatic carbocycles. The van der Waals surface area contributed by atoms with Crippen LogP contribution < -0.4 is 10.6 Å². The number of nitrogens with one attached hydrogen (secondary N) is 2. The van der Waals surface area contributed by atoms with E-state index in [-0.39, 0.29) is 24.4 Å². The van der Waals surface area contributed by atoms with Gasteiger partial charge >= 0.3 is 6.09 Å². The summed E-state index contributed by atoms with van der Waals surface area (Å²) < 4.78 is 5.09. The molecule has 3 amide bonds. The Morgan fingerprint density at radius 2 is 1.89 bits per heavy atom. The molecular formula is C19H26ClN3O4. The van der Waals surface area contributed by atoms with Crippen molar-refractivity contribution in [3.05, 3.63) is 34.9 Å². The zero-order valence-corrected chi connectivity index (χ0v) is 16.6. The van der Waals surface area contributed by atoms with Gasteiger partial charge in [0.05, 0.1) is 0 Å². The average molecular weight is 396 g/mol. The number of ether oxygens (including phenoxy) is 1. The van der Waals surface area contributed by atoms with Crippen LogP contribution in [0.2, 0.25) is 5.02 Å². The smallest absolute Gasteiger partial charge is 0.408 e. The van der Waals surface area contributed by atoms with Crippen LogP contribution in [-0.2, 0) is 9.53 Å². The van der Waals surface area contributed by atoms with Crippen molar-refractivity contribution in [3.8, 4) is 0 Å². The molecule has 0 unspecified atom stereocenters. The molecule has 0 saturated carbocycles. The molecular weight excluding hydrogens is 370 g/mol. The number of nitrogens with zero attached hydrogens (tertiary/aromatic N) is 1. The molecule has 1 saturated heterocycles. The van der Waals surface area contributed by atoms with Crippen molar-refractivity contribution in [2.45, 2.75) is 45.3 Å². The third kappa shape index (κ3) is 7.09. The van der Waals surface area contributed by atoms with Crippen molar-refractivity contribution < 1.29 is 19.1 Å². The Bertz CT molecular complexity index is 694. The number of benzene rings is 1. The van der Waals surface area contributed by atoms with Crippen LogP contribution in [0.1, 0.15) is 44.0 Å². The lowest BCUT2D eigenvalue weighted by molar-refractivity contribution is -0.121. The number of hydrogen-bond acceptors (Lipinski definition) is 4. The van der Waals surface area contributed by atoms with Crippen molar-refractivity contribution in [2.24, 2.45) is 0 Å². The van der Waals surface area contributed by atoms with Crippen molar-refractivity contribution in [2.75, 3.05) is 19.6 Å². The Morgan fingerprint density at radius 1 is 1.22 bits per heavy atom. The Labute approximate surface area is 164 Å². The van der Waals surface area contributed by atoms with Crippen molar-refractivity contribution >= 4 is 29.5 Å². The minimum Gasteiger partial charge on any atom is -0.444 e. The van der Waals surface area contributed by atoms with Gasteiger partial charge in [-0.05, 0) is 51.8 Å². The molecule has 1 fully saturated rings. The molecule has 0 bridgehead atoms. The standard InChI is InChI=1S/C19H26ClN3O4/c1-19(2,3)27-18(26)21-12-16(24)22-15-7-9-23(10-8-15)17(25)13-5-4-6-14(20)11-13/h4-6,11,15H,7-10,12H2,1-3H3,(H,21,26)(H,22,24). The second kappa shape index (κ2) is 9.08. The molecule has 0 atom stereocenters. The van der Waals surface area contributed by atoms with Crippen molar-refractivity contribution in [1.82, 2.24) is 15.5 Å². The summed E-state index contributed by atoms with van der Waals surface area (Å²) in [5, 5.41) is 5.84. The van der Waals surface area contributed by atoms with Crippen LogP contribution in [0.15, 0.2) is 24.3 Å². The SMILES string of the molecule is CC(C)(C)OC(=O)NCC(=O)NC1CCN(C(=O)c2cccc(Cl)c2)CC1. The molecule has 0 spiro atoms. The highest BCUT2D eigenvalue weighted by Crippen LogP contribution is 2.17. The van der Waals surface area contributed by atoms with Crippen LogP contribution in [0.25, 0.3) is 0 Å². The molecule has 0 aliphatic carbocycles. The lowest BCUT2D eigenvalue weighted by Gasteiger charge is -2.32. The van der Waals surface area contributed by atoms with E-state index in [0.29, 0.717) is 36.5 Å². The number of halogens is 1. The first kappa shape index (κ1) is 21.0. The molecule has 1 aliphatic heterocycles. The average Bonchev–Trinajstić information content (AvgIpc) is 2.58. The van der Waals surface area contributed by atoms with E-state index in [0.717, 1.165) is 0 Å². The Morgan fingerprint density at radius 3 is 2.48 bits per heavy atom. The van der Waals surface area contributed by atoms with Gasteiger partial charge in [-0.15, -0.1) is 0 Å². The van der Waals surface area contributed by atoms with E-state index in [1.54, 1.807) is 49.9 Å². The lowest BCUT2D eigenvalue weighted by Crippen LogP contribution is -2.49. The third-order valence-electron chi connectivity index (χ3n) is 4.01. The molecule has 1 aromatic rings. The van der Waals surface area contributed by atoms with Crippen LogP contribution in [-0.4, -0.2) is 54.1 Å². The van der Waals surface area contributed by atoms with Gasteiger partial charge in [0.1, 0.15) is 12.1 Å². The first-order valence-electron chi connectivity index (χ1n) is 8.95. The van der Waals surface area contributed by atoms with Gasteiger partial charge in [-0.3, -0.25) is 9.59 Å². The fourth-order valence-electron chi connectivity index (χ4n) is 2.78. The van der Waals surface area contributed by atoms with Gasteiger partial charge < -0.3 is 20.3 Å². The maximum absolute atomic E-state index is 12.5. The van der Waals surface area contributed by atoms with E-state index in [2.05, 4.69) is 10.6 Å². The summed E-state index contributed by atoms with van der Waals surface area (Å²) in [6.07, 6.45) is 0.689. The van der Waals surface area contributed by atoms with E-state index in [4.69, 9.17) is 16.3 Å². The van der Waals surface area contributed by atoms with Gasteiger partial charge in [-0.25, -0.2) is 4.79 Å². The maximum Gasteiger partial charge on any atom is 0.408 e. The molecule has 0 radical (unpaired) electrons. The first-order chi connectivity index (χ1) is 12.6. The summed E-state index contributed by atoms with van der Waals surface area (Å²) in [6.45, 7) is 6.23. The fraction of sp³-hybridized carbons (Fsp3) is 0.526. The van der Waals surface area contributed by atoms with Crippen molar-refractivity contribution in [1.29, 1.82) is 0 Å². The quantitative estimate of drug-likeness (QED) is 0.820. The number of rotatable bonds is 4. The summed E-state index contributed by atoms with van der Waals surface area (Å²) in [4.78, 5) is 37.8. The van der Waals surface area contributed by atoms with Gasteiger partial charge in [0.15, 0.2) is 0 Å². The van der Waals surface area contributed by atoms with E-state index >= 15 is 0 Å². The summed E-state index contributed by atoms with van der Waals surface area (Å²) in [6, 6.07) is 6.84. The topological polar surface area (TPSA) is 87.7 Å². The van der Waals surface area contributed by atoms with Crippen LogP contribution in [0.5, 0.6) is 0 Å². The number of alkyl carbamates (subject to hydrolysis) is 1. The molecule has 148 valence electrons. The Kier molecular flexibility index (Phi) is 7.07. The number of likely N-dealkylation sites (tertiary alicyclic amines) is 1. The molecule has 7 nitrogen and oxygen atoms in total. The van der Waals surface area contributed by atoms with Gasteiger partial charge in [-0.2, -0.15) is 0 Å². The second-order valence-electron chi connectivity index (χ2n) is 7.50. The molecule has 2 rings (SSSR count). The third-order valence-corrected chi connectivity index (χ3v) is 4.25. The molecule has 1 aliphatic rings. The van der Waals surface area contributed by atoms with Crippen LogP contribution in [0.4, 0.5) is 4.79 Å². The highest BCUT2D eigenvalue weighted by molar-refractivity contribution is 6.30. The van der Waals surface area contributed by atoms with E-state index in [1.807, 2.05) is 0 Å². The zero-order chi connectivity index (χ0) is 20.0. The molecule has 0 aromatic heterocycles. The largest absolute Gasteiger partial charge is 0.444 e. The Hall–Kier alpha value is -2.28. The first-order valence-corrected chi connectivity index (χ1v) is 9.33. The van der Waals surface area contributed by atoms with E-state index in [1.165, 1.54) is 0 Å². The minimum absolute atomic E-state index is 0.0265. The monoisotopic (exact) mass is 395 g/mol. The molecule has 2 N–H and O–H groups in total. The van der Waals surface area contributed by atoms with Gasteiger partial charge in [0.2, 0.25) is 5.91 Å². The lowest BCUT2D eigenvalue weighted by atomic mass is 10.0. The predicted octanol–water partition coefficient (Wildman–Crippen LogP) is 2.59. The van der Waals surface area contributed by atoms with Gasteiger partial charge in [0, 0.05) is 29.7 Å². The van der Waals surface area contributed by atoms with Crippen LogP contribution in [0, 0.1) is 0 Å². The maximum atomic E-state index is 12.5. The van der Waals surface area contributed by atoms with Gasteiger partial charge in [-0.1, -0.05) is 17.7 Å². The summed E-state index contributed by atoms with van der Waals surface area (Å²) >= 11 is 5.94. The normalized spacial score (nSPS) is 15.2. The van der Waals surface area contributed by atoms with Crippen molar-refractivity contribution in [3.63, 3.8) is 0 Å². The number of amides is 3. The molecule has 1 heterocycles. The van der Waals surface area contributed by atoms with E-state index in [9.17, 15) is 14.4 Å². The predicted molar refractivity (Wildman–Crippen MR) is 103 cm³/mol. The second-order valence-corrected chi connectivity index (χ2v) is 7.94. The van der Waals surface area contributed by atoms with Gasteiger partial charge in [0.25, 0.3) is 5.91 Å². The summed E-state index contributed by atoms with van der Waals surface area (Å²) in [5.74, 6) is -0.339. The fourth-order valence-corrected chi connectivity index (χ4v) is 2.97. The number of hydrogen-bond donors (Lipinski definition) is 2. The summed E-state index contributed by atoms with van der Waals surface area (Å²) in [5.41, 5.74) is -0.0466. The Balaban J connectivity index is 1.73. The van der Waals surface area contributed by atoms with Crippen LogP contribution >= 0.6 is 11.6 Å².